The van der Waals surface area contributed by atoms with E-state index in [0.29, 0.717) is 25.1 Å². The SMILES string of the molecule is CCN(CCC#N)Cc1cccc(C(=O)O)c1. The summed E-state index contributed by atoms with van der Waals surface area (Å²) in [6, 6.07) is 9.02. The topological polar surface area (TPSA) is 64.3 Å². The van der Waals surface area contributed by atoms with Crippen LogP contribution in [0.1, 0.15) is 29.3 Å². The molecule has 0 radical (unpaired) electrons. The van der Waals surface area contributed by atoms with Crippen LogP contribution in [0.3, 0.4) is 0 Å². The molecule has 0 saturated heterocycles. The molecular weight excluding hydrogens is 216 g/mol. The van der Waals surface area contributed by atoms with Crippen molar-refractivity contribution in [3.8, 4) is 6.07 Å². The minimum Gasteiger partial charge on any atom is -0.478 e. The molecule has 0 heterocycles. The highest BCUT2D eigenvalue weighted by Gasteiger charge is 2.06. The molecule has 1 N–H and O–H groups in total. The molecule has 4 nitrogen and oxygen atoms in total. The summed E-state index contributed by atoms with van der Waals surface area (Å²) in [6.07, 6.45) is 0.493. The summed E-state index contributed by atoms with van der Waals surface area (Å²) in [5.74, 6) is -0.910. The number of hydrogen-bond donors (Lipinski definition) is 1. The quantitative estimate of drug-likeness (QED) is 0.816. The number of carboxylic acid groups (broad SMARTS) is 1. The Kier molecular flexibility index (Phi) is 5.18. The molecule has 0 aromatic heterocycles. The fourth-order valence-corrected chi connectivity index (χ4v) is 1.62. The second-order valence-electron chi connectivity index (χ2n) is 3.78. The molecule has 0 spiro atoms. The van der Waals surface area contributed by atoms with Crippen molar-refractivity contribution in [3.05, 3.63) is 35.4 Å². The molecule has 1 rings (SSSR count). The van der Waals surface area contributed by atoms with Gasteiger partial charge in [0.2, 0.25) is 0 Å². The Bertz CT molecular complexity index is 424. The van der Waals surface area contributed by atoms with E-state index in [1.807, 2.05) is 13.0 Å². The van der Waals surface area contributed by atoms with Gasteiger partial charge in [-0.15, -0.1) is 0 Å². The molecule has 0 aliphatic rings. The second-order valence-corrected chi connectivity index (χ2v) is 3.78. The van der Waals surface area contributed by atoms with Gasteiger partial charge in [-0.05, 0) is 24.2 Å². The highest BCUT2D eigenvalue weighted by atomic mass is 16.4. The van der Waals surface area contributed by atoms with E-state index < -0.39 is 5.97 Å². The van der Waals surface area contributed by atoms with Crippen LogP contribution < -0.4 is 0 Å². The Morgan fingerprint density at radius 2 is 2.29 bits per heavy atom. The van der Waals surface area contributed by atoms with Crippen LogP contribution in [0.2, 0.25) is 0 Å². The van der Waals surface area contributed by atoms with E-state index in [1.165, 1.54) is 0 Å². The highest BCUT2D eigenvalue weighted by molar-refractivity contribution is 5.87. The fraction of sp³-hybridized carbons (Fsp3) is 0.385. The van der Waals surface area contributed by atoms with Gasteiger partial charge in [0, 0.05) is 19.5 Å². The lowest BCUT2D eigenvalue weighted by Gasteiger charge is -2.19. The van der Waals surface area contributed by atoms with Crippen molar-refractivity contribution < 1.29 is 9.90 Å². The molecule has 90 valence electrons. The summed E-state index contributed by atoms with van der Waals surface area (Å²) < 4.78 is 0. The first kappa shape index (κ1) is 13.2. The zero-order valence-electron chi connectivity index (χ0n) is 9.89. The maximum absolute atomic E-state index is 10.8. The number of nitrogens with zero attached hydrogens (tertiary/aromatic N) is 2. The predicted octanol–water partition coefficient (Wildman–Crippen LogP) is 2.12. The largest absolute Gasteiger partial charge is 0.478 e. The van der Waals surface area contributed by atoms with Gasteiger partial charge in [0.25, 0.3) is 0 Å². The molecule has 0 saturated carbocycles. The maximum atomic E-state index is 10.8. The van der Waals surface area contributed by atoms with Crippen molar-refractivity contribution in [1.29, 1.82) is 5.26 Å². The van der Waals surface area contributed by atoms with E-state index in [0.717, 1.165) is 12.1 Å². The molecular formula is C13H16N2O2. The van der Waals surface area contributed by atoms with Crippen LogP contribution in [-0.2, 0) is 6.54 Å². The summed E-state index contributed by atoms with van der Waals surface area (Å²) in [4.78, 5) is 12.9. The van der Waals surface area contributed by atoms with Gasteiger partial charge in [-0.3, -0.25) is 4.90 Å². The van der Waals surface area contributed by atoms with Crippen molar-refractivity contribution in [2.75, 3.05) is 13.1 Å². The zero-order valence-corrected chi connectivity index (χ0v) is 9.89. The first-order valence-electron chi connectivity index (χ1n) is 5.59. The van der Waals surface area contributed by atoms with E-state index in [9.17, 15) is 4.79 Å². The van der Waals surface area contributed by atoms with Gasteiger partial charge in [0.1, 0.15) is 0 Å². The van der Waals surface area contributed by atoms with E-state index in [1.54, 1.807) is 18.2 Å². The van der Waals surface area contributed by atoms with Crippen molar-refractivity contribution in [2.24, 2.45) is 0 Å². The lowest BCUT2D eigenvalue weighted by molar-refractivity contribution is 0.0696. The molecule has 0 unspecified atom stereocenters. The van der Waals surface area contributed by atoms with Crippen LogP contribution in [-0.4, -0.2) is 29.1 Å². The summed E-state index contributed by atoms with van der Waals surface area (Å²) in [5.41, 5.74) is 1.27. The van der Waals surface area contributed by atoms with Crippen LogP contribution in [0.25, 0.3) is 0 Å². The summed E-state index contributed by atoms with van der Waals surface area (Å²) in [5, 5.41) is 17.4. The molecule has 0 fully saturated rings. The monoisotopic (exact) mass is 232 g/mol. The molecule has 0 atom stereocenters. The molecule has 0 amide bonds. The van der Waals surface area contributed by atoms with E-state index in [-0.39, 0.29) is 0 Å². The van der Waals surface area contributed by atoms with Crippen molar-refractivity contribution in [3.63, 3.8) is 0 Å². The Morgan fingerprint density at radius 1 is 1.53 bits per heavy atom. The number of hydrogen-bond acceptors (Lipinski definition) is 3. The normalized spacial score (nSPS) is 10.2. The number of carbonyl (C=O) groups is 1. The van der Waals surface area contributed by atoms with Gasteiger partial charge in [0.15, 0.2) is 0 Å². The first-order chi connectivity index (χ1) is 8.17. The molecule has 1 aromatic carbocycles. The van der Waals surface area contributed by atoms with Gasteiger partial charge >= 0.3 is 5.97 Å². The minimum absolute atomic E-state index is 0.304. The standard InChI is InChI=1S/C13H16N2O2/c1-2-15(8-4-7-14)10-11-5-3-6-12(9-11)13(16)17/h3,5-6,9H,2,4,8,10H2,1H3,(H,16,17). The first-order valence-corrected chi connectivity index (χ1v) is 5.59. The van der Waals surface area contributed by atoms with E-state index in [4.69, 9.17) is 10.4 Å². The van der Waals surface area contributed by atoms with E-state index >= 15 is 0 Å². The van der Waals surface area contributed by atoms with Gasteiger partial charge < -0.3 is 5.11 Å². The molecule has 17 heavy (non-hydrogen) atoms. The molecule has 0 aliphatic heterocycles. The van der Waals surface area contributed by atoms with Crippen LogP contribution in [0.4, 0.5) is 0 Å². The maximum Gasteiger partial charge on any atom is 0.335 e. The second kappa shape index (κ2) is 6.66. The molecule has 0 bridgehead atoms. The van der Waals surface area contributed by atoms with E-state index in [2.05, 4.69) is 11.0 Å². The lowest BCUT2D eigenvalue weighted by atomic mass is 10.1. The minimum atomic E-state index is -0.910. The average molecular weight is 232 g/mol. The average Bonchev–Trinajstić information content (AvgIpc) is 2.34. The number of aromatic carboxylic acids is 1. The van der Waals surface area contributed by atoms with Gasteiger partial charge in [-0.2, -0.15) is 5.26 Å². The number of nitriles is 1. The smallest absolute Gasteiger partial charge is 0.335 e. The Morgan fingerprint density at radius 3 is 2.88 bits per heavy atom. The predicted molar refractivity (Wildman–Crippen MR) is 64.6 cm³/mol. The van der Waals surface area contributed by atoms with Crippen molar-refractivity contribution >= 4 is 5.97 Å². The number of benzene rings is 1. The highest BCUT2D eigenvalue weighted by Crippen LogP contribution is 2.08. The van der Waals surface area contributed by atoms with Crippen molar-refractivity contribution in [2.45, 2.75) is 19.9 Å². The molecule has 0 aliphatic carbocycles. The van der Waals surface area contributed by atoms with Crippen LogP contribution in [0.5, 0.6) is 0 Å². The Balaban J connectivity index is 2.69. The third kappa shape index (κ3) is 4.25. The lowest BCUT2D eigenvalue weighted by Crippen LogP contribution is -2.23. The van der Waals surface area contributed by atoms with Crippen LogP contribution >= 0.6 is 0 Å². The summed E-state index contributed by atoms with van der Waals surface area (Å²) in [7, 11) is 0. The fourth-order valence-electron chi connectivity index (χ4n) is 1.62. The summed E-state index contributed by atoms with van der Waals surface area (Å²) in [6.45, 7) is 4.26. The van der Waals surface area contributed by atoms with Crippen LogP contribution in [0, 0.1) is 11.3 Å². The Hall–Kier alpha value is -1.86. The third-order valence-electron chi connectivity index (χ3n) is 2.57. The van der Waals surface area contributed by atoms with Gasteiger partial charge in [-0.1, -0.05) is 19.1 Å². The number of carboxylic acids is 1. The van der Waals surface area contributed by atoms with Gasteiger partial charge in [0.05, 0.1) is 11.6 Å². The van der Waals surface area contributed by atoms with Crippen molar-refractivity contribution in [1.82, 2.24) is 4.90 Å². The van der Waals surface area contributed by atoms with Crippen LogP contribution in [0.15, 0.2) is 24.3 Å². The molecule has 4 heteroatoms. The third-order valence-corrected chi connectivity index (χ3v) is 2.57. The van der Waals surface area contributed by atoms with Gasteiger partial charge in [-0.25, -0.2) is 4.79 Å². The number of rotatable bonds is 6. The Labute approximate surface area is 101 Å². The zero-order chi connectivity index (χ0) is 12.7. The summed E-state index contributed by atoms with van der Waals surface area (Å²) >= 11 is 0. The molecule has 1 aromatic rings.